The first kappa shape index (κ1) is 18.3. The average Bonchev–Trinajstić information content (AvgIpc) is 2.79. The average molecular weight is 327 g/mol. The molecule has 0 aliphatic carbocycles. The van der Waals surface area contributed by atoms with E-state index in [1.807, 2.05) is 0 Å². The molecule has 1 atom stereocenters. The normalized spacial score (nSPS) is 14.8. The zero-order valence-electron chi connectivity index (χ0n) is 12.4. The Hall–Kier alpha value is -2.75. The van der Waals surface area contributed by atoms with Gasteiger partial charge >= 0.3 is 5.97 Å². The van der Waals surface area contributed by atoms with E-state index in [0.717, 1.165) is 24.1 Å². The molecule has 1 aliphatic heterocycles. The third-order valence-electron chi connectivity index (χ3n) is 3.10. The summed E-state index contributed by atoms with van der Waals surface area (Å²) in [4.78, 5) is 57.4. The minimum absolute atomic E-state index is 0.166. The van der Waals surface area contributed by atoms with Gasteiger partial charge in [0.25, 0.3) is 11.8 Å². The lowest BCUT2D eigenvalue weighted by atomic mass is 10.1. The Morgan fingerprint density at radius 2 is 1.78 bits per heavy atom. The molecule has 0 aromatic rings. The van der Waals surface area contributed by atoms with Crippen molar-refractivity contribution in [2.75, 3.05) is 13.6 Å². The Morgan fingerprint density at radius 3 is 2.26 bits per heavy atom. The molecule has 1 heterocycles. The second-order valence-electron chi connectivity index (χ2n) is 4.83. The largest absolute Gasteiger partial charge is 0.480 e. The van der Waals surface area contributed by atoms with Crippen molar-refractivity contribution in [3.63, 3.8) is 0 Å². The summed E-state index contributed by atoms with van der Waals surface area (Å²) in [5.41, 5.74) is 0. The van der Waals surface area contributed by atoms with Gasteiger partial charge in [-0.1, -0.05) is 0 Å². The number of hydroxylamine groups is 2. The lowest BCUT2D eigenvalue weighted by Crippen LogP contribution is -2.43. The van der Waals surface area contributed by atoms with Gasteiger partial charge in [-0.2, -0.15) is 0 Å². The highest BCUT2D eigenvalue weighted by molar-refractivity contribution is 6.13. The van der Waals surface area contributed by atoms with Crippen molar-refractivity contribution in [1.29, 1.82) is 0 Å². The number of rotatable bonds is 8. The molecule has 10 nitrogen and oxygen atoms in total. The third-order valence-corrected chi connectivity index (χ3v) is 3.10. The zero-order valence-corrected chi connectivity index (χ0v) is 12.4. The first-order chi connectivity index (χ1) is 10.7. The van der Waals surface area contributed by atoms with Gasteiger partial charge in [0.05, 0.1) is 0 Å². The highest BCUT2D eigenvalue weighted by Gasteiger charge is 2.25. The number of hydrogen-bond donors (Lipinski definition) is 3. The molecule has 0 fully saturated rings. The molecular formula is C13H17N3O7. The van der Waals surface area contributed by atoms with Gasteiger partial charge in [0.15, 0.2) is 0 Å². The topological polar surface area (TPSA) is 144 Å². The van der Waals surface area contributed by atoms with Crippen molar-refractivity contribution in [3.05, 3.63) is 12.2 Å². The van der Waals surface area contributed by atoms with Crippen LogP contribution in [0.5, 0.6) is 0 Å². The first-order valence-electron chi connectivity index (χ1n) is 6.73. The Kier molecular flexibility index (Phi) is 6.39. The van der Waals surface area contributed by atoms with Gasteiger partial charge in [0.1, 0.15) is 6.04 Å². The maximum Gasteiger partial charge on any atom is 0.326 e. The van der Waals surface area contributed by atoms with E-state index in [4.69, 9.17) is 10.3 Å². The fourth-order valence-electron chi connectivity index (χ4n) is 1.82. The maximum absolute atomic E-state index is 11.7. The fourth-order valence-corrected chi connectivity index (χ4v) is 1.82. The molecule has 1 aliphatic rings. The van der Waals surface area contributed by atoms with Crippen molar-refractivity contribution in [3.8, 4) is 0 Å². The minimum atomic E-state index is -1.33. The Labute approximate surface area is 131 Å². The Bertz CT molecular complexity index is 538. The quantitative estimate of drug-likeness (QED) is 0.279. The van der Waals surface area contributed by atoms with Crippen LogP contribution in [0.1, 0.15) is 19.3 Å². The van der Waals surface area contributed by atoms with Gasteiger partial charge in [-0.3, -0.25) is 29.3 Å². The smallest absolute Gasteiger partial charge is 0.326 e. The highest BCUT2D eigenvalue weighted by atomic mass is 16.5. The van der Waals surface area contributed by atoms with E-state index in [0.29, 0.717) is 5.06 Å². The monoisotopic (exact) mass is 327 g/mol. The molecule has 0 bridgehead atoms. The molecule has 0 saturated heterocycles. The van der Waals surface area contributed by atoms with Crippen LogP contribution in [0.2, 0.25) is 0 Å². The maximum atomic E-state index is 11.7. The van der Waals surface area contributed by atoms with E-state index in [-0.39, 0.29) is 25.8 Å². The van der Waals surface area contributed by atoms with E-state index in [1.54, 1.807) is 0 Å². The van der Waals surface area contributed by atoms with Crippen LogP contribution in [-0.4, -0.2) is 69.5 Å². The number of nitrogens with zero attached hydrogens (tertiary/aromatic N) is 2. The number of carboxylic acid groups (broad SMARTS) is 1. The molecule has 3 N–H and O–H groups in total. The SMILES string of the molecule is CN(O)C(=O)CC[C@H](NC(=O)CCN1C(=O)C=CC1=O)C(=O)O. The summed E-state index contributed by atoms with van der Waals surface area (Å²) < 4.78 is 0. The lowest BCUT2D eigenvalue weighted by molar-refractivity contribution is -0.159. The fraction of sp³-hybridized carbons (Fsp3) is 0.462. The molecule has 0 radical (unpaired) electrons. The van der Waals surface area contributed by atoms with Crippen LogP contribution in [0, 0.1) is 0 Å². The molecule has 0 aromatic heterocycles. The Balaban J connectivity index is 2.45. The molecule has 0 saturated carbocycles. The van der Waals surface area contributed by atoms with Crippen LogP contribution >= 0.6 is 0 Å². The number of carboxylic acids is 1. The van der Waals surface area contributed by atoms with Crippen molar-refractivity contribution in [2.45, 2.75) is 25.3 Å². The van der Waals surface area contributed by atoms with Gasteiger partial charge in [-0.25, -0.2) is 9.86 Å². The Morgan fingerprint density at radius 1 is 1.22 bits per heavy atom. The number of imide groups is 1. The summed E-state index contributed by atoms with van der Waals surface area (Å²) >= 11 is 0. The minimum Gasteiger partial charge on any atom is -0.480 e. The predicted octanol–water partition coefficient (Wildman–Crippen LogP) is -1.50. The van der Waals surface area contributed by atoms with Gasteiger partial charge in [-0.05, 0) is 6.42 Å². The van der Waals surface area contributed by atoms with Crippen molar-refractivity contribution < 1.29 is 34.3 Å². The number of carbonyl (C=O) groups excluding carboxylic acids is 4. The summed E-state index contributed by atoms with van der Waals surface area (Å²) in [6.45, 7) is -0.166. The molecular weight excluding hydrogens is 310 g/mol. The molecule has 10 heteroatoms. The zero-order chi connectivity index (χ0) is 17.6. The van der Waals surface area contributed by atoms with Crippen LogP contribution in [0.4, 0.5) is 0 Å². The molecule has 0 spiro atoms. The molecule has 126 valence electrons. The number of nitrogens with one attached hydrogen (secondary N) is 1. The number of carbonyl (C=O) groups is 5. The van der Waals surface area contributed by atoms with Crippen LogP contribution in [0.15, 0.2) is 12.2 Å². The van der Waals surface area contributed by atoms with E-state index < -0.39 is 35.6 Å². The predicted molar refractivity (Wildman–Crippen MR) is 73.8 cm³/mol. The summed E-state index contributed by atoms with van der Waals surface area (Å²) in [7, 11) is 1.11. The second-order valence-corrected chi connectivity index (χ2v) is 4.83. The standard InChI is InChI=1S/C13H17N3O7/c1-15(23)10(18)3-2-8(13(21)22)14-9(17)6-7-16-11(19)4-5-12(16)20/h4-5,8,23H,2-3,6-7H2,1H3,(H,14,17)(H,21,22)/t8-/m0/s1. The van der Waals surface area contributed by atoms with Crippen LogP contribution in [-0.2, 0) is 24.0 Å². The number of aliphatic carboxylic acids is 1. The molecule has 1 rings (SSSR count). The van der Waals surface area contributed by atoms with Gasteiger partial charge in [0, 0.05) is 38.6 Å². The van der Waals surface area contributed by atoms with Crippen LogP contribution in [0.3, 0.4) is 0 Å². The number of hydrogen-bond acceptors (Lipinski definition) is 6. The third kappa shape index (κ3) is 5.51. The second kappa shape index (κ2) is 8.03. The molecule has 0 unspecified atom stereocenters. The van der Waals surface area contributed by atoms with Crippen molar-refractivity contribution >= 4 is 29.6 Å². The summed E-state index contributed by atoms with van der Waals surface area (Å²) in [5.74, 6) is -3.76. The lowest BCUT2D eigenvalue weighted by Gasteiger charge is -2.17. The van der Waals surface area contributed by atoms with E-state index in [1.165, 1.54) is 0 Å². The molecule has 0 aromatic carbocycles. The van der Waals surface area contributed by atoms with Gasteiger partial charge < -0.3 is 10.4 Å². The van der Waals surface area contributed by atoms with Crippen molar-refractivity contribution in [1.82, 2.24) is 15.3 Å². The van der Waals surface area contributed by atoms with Crippen LogP contribution < -0.4 is 5.32 Å². The van der Waals surface area contributed by atoms with E-state index in [2.05, 4.69) is 5.32 Å². The summed E-state index contributed by atoms with van der Waals surface area (Å²) in [5, 5.41) is 20.4. The van der Waals surface area contributed by atoms with E-state index in [9.17, 15) is 24.0 Å². The first-order valence-corrected chi connectivity index (χ1v) is 6.73. The molecule has 4 amide bonds. The summed E-state index contributed by atoms with van der Waals surface area (Å²) in [6, 6.07) is -1.31. The number of amides is 4. The highest BCUT2D eigenvalue weighted by Crippen LogP contribution is 2.05. The van der Waals surface area contributed by atoms with Crippen LogP contribution in [0.25, 0.3) is 0 Å². The van der Waals surface area contributed by atoms with Crippen molar-refractivity contribution in [2.24, 2.45) is 0 Å². The van der Waals surface area contributed by atoms with Gasteiger partial charge in [0.2, 0.25) is 11.8 Å². The summed E-state index contributed by atoms with van der Waals surface area (Å²) in [6.07, 6.45) is 1.44. The van der Waals surface area contributed by atoms with E-state index >= 15 is 0 Å². The van der Waals surface area contributed by atoms with Gasteiger partial charge in [-0.15, -0.1) is 0 Å². The molecule has 23 heavy (non-hydrogen) atoms.